The van der Waals surface area contributed by atoms with Gasteiger partial charge < -0.3 is 19.5 Å². The van der Waals surface area contributed by atoms with Crippen molar-refractivity contribution >= 4 is 17.3 Å². The number of aryl methyl sites for hydroxylation is 1. The molecule has 6 nitrogen and oxygen atoms in total. The molecule has 1 N–H and O–H groups in total. The molecule has 0 bridgehead atoms. The third-order valence-electron chi connectivity index (χ3n) is 6.42. The largest absolute Gasteiger partial charge is 0.497 e. The Kier molecular flexibility index (Phi) is 6.02. The van der Waals surface area contributed by atoms with E-state index in [-0.39, 0.29) is 12.1 Å². The van der Waals surface area contributed by atoms with Crippen LogP contribution >= 0.6 is 12.2 Å². The molecule has 7 heteroatoms. The number of rotatable bonds is 6. The monoisotopic (exact) mass is 469 g/mol. The van der Waals surface area contributed by atoms with Crippen molar-refractivity contribution in [1.29, 1.82) is 0 Å². The number of pyridine rings is 2. The van der Waals surface area contributed by atoms with E-state index in [9.17, 15) is 0 Å². The Hall–Kier alpha value is -3.71. The summed E-state index contributed by atoms with van der Waals surface area (Å²) in [5.41, 5.74) is 6.81. The van der Waals surface area contributed by atoms with Crippen molar-refractivity contribution in [2.45, 2.75) is 32.5 Å². The first-order valence-corrected chi connectivity index (χ1v) is 11.7. The summed E-state index contributed by atoms with van der Waals surface area (Å²) in [7, 11) is 1.68. The average molecular weight is 470 g/mol. The standard InChI is InChI=1S/C27H27N5OS/c1-18-16-23(19(2)32(18)21-7-9-22(33-3)10-8-21)26-25(24-6-4-5-13-29-24)30-27(34)31(26)17-20-11-14-28-15-12-20/h4-16,25-26H,17H2,1-3H3,(H,30,34)/t25-,26-/m0/s1. The highest BCUT2D eigenvalue weighted by atomic mass is 32.1. The Morgan fingerprint density at radius 1 is 1.00 bits per heavy atom. The molecule has 0 aliphatic carbocycles. The van der Waals surface area contributed by atoms with E-state index in [1.165, 1.54) is 17.0 Å². The second-order valence-corrected chi connectivity index (χ2v) is 8.86. The van der Waals surface area contributed by atoms with Crippen LogP contribution in [0, 0.1) is 13.8 Å². The fourth-order valence-corrected chi connectivity index (χ4v) is 5.12. The van der Waals surface area contributed by atoms with Crippen LogP contribution in [0.1, 0.15) is 40.3 Å². The third-order valence-corrected chi connectivity index (χ3v) is 6.77. The van der Waals surface area contributed by atoms with Crippen molar-refractivity contribution < 1.29 is 4.74 Å². The number of benzene rings is 1. The number of hydrogen-bond donors (Lipinski definition) is 1. The lowest BCUT2D eigenvalue weighted by molar-refractivity contribution is 0.310. The molecule has 2 atom stereocenters. The molecule has 0 saturated carbocycles. The van der Waals surface area contributed by atoms with Crippen LogP contribution in [0.4, 0.5) is 0 Å². The number of thiocarbonyl (C=S) groups is 1. The molecule has 172 valence electrons. The van der Waals surface area contributed by atoms with Gasteiger partial charge in [0.2, 0.25) is 0 Å². The van der Waals surface area contributed by atoms with Gasteiger partial charge in [0.05, 0.1) is 24.9 Å². The summed E-state index contributed by atoms with van der Waals surface area (Å²) in [6.07, 6.45) is 5.48. The number of methoxy groups -OCH3 is 1. The van der Waals surface area contributed by atoms with Crippen molar-refractivity contribution in [3.05, 3.63) is 107 Å². The van der Waals surface area contributed by atoms with E-state index < -0.39 is 0 Å². The summed E-state index contributed by atoms with van der Waals surface area (Å²) in [6.45, 7) is 5.01. The third kappa shape index (κ3) is 4.03. The Morgan fingerprint density at radius 2 is 1.76 bits per heavy atom. The second kappa shape index (κ2) is 9.27. The summed E-state index contributed by atoms with van der Waals surface area (Å²) in [6, 6.07) is 20.5. The van der Waals surface area contributed by atoms with Crippen molar-refractivity contribution in [1.82, 2.24) is 24.8 Å². The molecule has 0 unspecified atom stereocenters. The minimum atomic E-state index is -0.0552. The van der Waals surface area contributed by atoms with Gasteiger partial charge in [0.15, 0.2) is 5.11 Å². The van der Waals surface area contributed by atoms with E-state index in [4.69, 9.17) is 17.0 Å². The number of hydrogen-bond acceptors (Lipinski definition) is 4. The maximum absolute atomic E-state index is 5.85. The molecular weight excluding hydrogens is 442 g/mol. The number of aromatic nitrogens is 3. The van der Waals surface area contributed by atoms with E-state index in [1.807, 2.05) is 55.0 Å². The van der Waals surface area contributed by atoms with Gasteiger partial charge in [0.1, 0.15) is 5.75 Å². The fourth-order valence-electron chi connectivity index (χ4n) is 4.81. The maximum Gasteiger partial charge on any atom is 0.170 e. The molecule has 0 spiro atoms. The van der Waals surface area contributed by atoms with Crippen LogP contribution in [-0.4, -0.2) is 31.7 Å². The van der Waals surface area contributed by atoms with Gasteiger partial charge in [0.25, 0.3) is 0 Å². The predicted molar refractivity (Wildman–Crippen MR) is 137 cm³/mol. The molecule has 1 saturated heterocycles. The lowest BCUT2D eigenvalue weighted by Gasteiger charge is -2.28. The average Bonchev–Trinajstić information content (AvgIpc) is 3.35. The van der Waals surface area contributed by atoms with Gasteiger partial charge >= 0.3 is 0 Å². The summed E-state index contributed by atoms with van der Waals surface area (Å²) in [4.78, 5) is 11.1. The minimum absolute atomic E-state index is 0.00577. The summed E-state index contributed by atoms with van der Waals surface area (Å²) >= 11 is 5.85. The molecule has 1 aliphatic rings. The molecule has 34 heavy (non-hydrogen) atoms. The van der Waals surface area contributed by atoms with Gasteiger partial charge in [-0.1, -0.05) is 6.07 Å². The van der Waals surface area contributed by atoms with E-state index in [2.05, 4.69) is 62.9 Å². The highest BCUT2D eigenvalue weighted by molar-refractivity contribution is 7.80. The van der Waals surface area contributed by atoms with Gasteiger partial charge in [0, 0.05) is 42.2 Å². The second-order valence-electron chi connectivity index (χ2n) is 8.47. The summed E-state index contributed by atoms with van der Waals surface area (Å²) in [5.74, 6) is 0.843. The molecular formula is C27H27N5OS. The molecule has 0 radical (unpaired) electrons. The minimum Gasteiger partial charge on any atom is -0.497 e. The van der Waals surface area contributed by atoms with Crippen LogP contribution in [-0.2, 0) is 6.54 Å². The lowest BCUT2D eigenvalue weighted by atomic mass is 9.96. The van der Waals surface area contributed by atoms with Crippen molar-refractivity contribution in [2.75, 3.05) is 7.11 Å². The zero-order valence-corrected chi connectivity index (χ0v) is 20.3. The zero-order chi connectivity index (χ0) is 23.7. The van der Waals surface area contributed by atoms with Crippen LogP contribution in [0.5, 0.6) is 5.75 Å². The van der Waals surface area contributed by atoms with Crippen LogP contribution in [0.25, 0.3) is 5.69 Å². The predicted octanol–water partition coefficient (Wildman–Crippen LogP) is 5.07. The topological polar surface area (TPSA) is 55.2 Å². The first-order valence-electron chi connectivity index (χ1n) is 11.3. The van der Waals surface area contributed by atoms with Crippen molar-refractivity contribution in [3.63, 3.8) is 0 Å². The molecule has 1 aliphatic heterocycles. The van der Waals surface area contributed by atoms with Crippen LogP contribution in [0.15, 0.2) is 79.3 Å². The van der Waals surface area contributed by atoms with Crippen LogP contribution in [0.2, 0.25) is 0 Å². The Labute approximate surface area is 205 Å². The van der Waals surface area contributed by atoms with E-state index >= 15 is 0 Å². The van der Waals surface area contributed by atoms with Gasteiger partial charge in [-0.25, -0.2) is 0 Å². The summed E-state index contributed by atoms with van der Waals surface area (Å²) in [5, 5.41) is 4.28. The number of ether oxygens (including phenoxy) is 1. The Balaban J connectivity index is 1.60. The molecule has 4 aromatic rings. The quantitative estimate of drug-likeness (QED) is 0.398. The zero-order valence-electron chi connectivity index (χ0n) is 19.5. The number of nitrogens with zero attached hydrogens (tertiary/aromatic N) is 4. The highest BCUT2D eigenvalue weighted by Crippen LogP contribution is 2.42. The molecule has 5 rings (SSSR count). The van der Waals surface area contributed by atoms with E-state index in [0.29, 0.717) is 6.54 Å². The lowest BCUT2D eigenvalue weighted by Crippen LogP contribution is -2.29. The fraction of sp³-hybridized carbons (Fsp3) is 0.222. The Morgan fingerprint density at radius 3 is 2.44 bits per heavy atom. The molecule has 4 heterocycles. The van der Waals surface area contributed by atoms with Crippen molar-refractivity contribution in [2.24, 2.45) is 0 Å². The first kappa shape index (κ1) is 22.1. The van der Waals surface area contributed by atoms with Gasteiger partial charge in [-0.15, -0.1) is 0 Å². The van der Waals surface area contributed by atoms with Crippen LogP contribution < -0.4 is 10.1 Å². The van der Waals surface area contributed by atoms with Crippen molar-refractivity contribution in [3.8, 4) is 11.4 Å². The van der Waals surface area contributed by atoms with Gasteiger partial charge in [-0.05, 0) is 91.8 Å². The summed E-state index contributed by atoms with van der Waals surface area (Å²) < 4.78 is 7.64. The Bertz CT molecular complexity index is 1290. The normalized spacial score (nSPS) is 17.6. The first-order chi connectivity index (χ1) is 16.6. The molecule has 3 aromatic heterocycles. The smallest absolute Gasteiger partial charge is 0.170 e. The maximum atomic E-state index is 5.85. The molecule has 0 amide bonds. The van der Waals surface area contributed by atoms with Gasteiger partial charge in [-0.2, -0.15) is 0 Å². The molecule has 1 aromatic carbocycles. The van der Waals surface area contributed by atoms with Gasteiger partial charge in [-0.3, -0.25) is 9.97 Å². The highest BCUT2D eigenvalue weighted by Gasteiger charge is 2.41. The van der Waals surface area contributed by atoms with Crippen LogP contribution in [0.3, 0.4) is 0 Å². The van der Waals surface area contributed by atoms with E-state index in [0.717, 1.165) is 27.8 Å². The number of nitrogens with one attached hydrogen (secondary N) is 1. The van der Waals surface area contributed by atoms with E-state index in [1.54, 1.807) is 7.11 Å². The molecule has 1 fully saturated rings. The SMILES string of the molecule is COc1ccc(-n2c(C)cc([C@H]3[C@H](c4ccccn4)NC(=S)N3Cc3ccncc3)c2C)cc1.